The average molecular weight is 420 g/mol. The molecule has 1 aromatic carbocycles. The number of hydrogen-bond acceptors (Lipinski definition) is 5. The Labute approximate surface area is 183 Å². The van der Waals surface area contributed by atoms with Crippen molar-refractivity contribution in [1.29, 1.82) is 0 Å². The Balaban J connectivity index is 2.33. The van der Waals surface area contributed by atoms with E-state index in [2.05, 4.69) is 25.7 Å². The van der Waals surface area contributed by atoms with Crippen molar-refractivity contribution in [2.75, 3.05) is 32.8 Å². The minimum Gasteiger partial charge on any atom is -0.462 e. The molecule has 0 aromatic heterocycles. The number of hydrogen-bond donors (Lipinski definition) is 0. The highest BCUT2D eigenvalue weighted by Gasteiger charge is 2.19. The Kier molecular flexibility index (Phi) is 14.7. The Morgan fingerprint density at radius 3 is 1.67 bits per heavy atom. The van der Waals surface area contributed by atoms with Crippen LogP contribution < -0.4 is 0 Å². The Bertz CT molecular complexity index is 599. The Hall–Kier alpha value is -1.88. The predicted octanol–water partition coefficient (Wildman–Crippen LogP) is 5.87. The second kappa shape index (κ2) is 16.9. The molecule has 0 radical (unpaired) electrons. The van der Waals surface area contributed by atoms with Crippen LogP contribution in [-0.4, -0.2) is 49.7 Å². The van der Waals surface area contributed by atoms with Gasteiger partial charge in [0.25, 0.3) is 0 Å². The second-order valence-corrected chi connectivity index (χ2v) is 7.67. The van der Waals surface area contributed by atoms with E-state index in [0.717, 1.165) is 25.9 Å². The molecule has 1 rings (SSSR count). The van der Waals surface area contributed by atoms with Crippen molar-refractivity contribution >= 4 is 11.9 Å². The zero-order chi connectivity index (χ0) is 22.0. The van der Waals surface area contributed by atoms with E-state index in [9.17, 15) is 9.59 Å². The molecule has 0 saturated carbocycles. The summed E-state index contributed by atoms with van der Waals surface area (Å²) in [6.07, 6.45) is 10.9. The van der Waals surface area contributed by atoms with Crippen molar-refractivity contribution in [2.24, 2.45) is 0 Å². The summed E-state index contributed by atoms with van der Waals surface area (Å²) in [5.74, 6) is -0.927. The minimum absolute atomic E-state index is 0.272. The number of rotatable bonds is 17. The summed E-state index contributed by atoms with van der Waals surface area (Å²) in [5.41, 5.74) is 0.551. The zero-order valence-electron chi connectivity index (χ0n) is 19.3. The lowest BCUT2D eigenvalue weighted by Gasteiger charge is -2.17. The van der Waals surface area contributed by atoms with Gasteiger partial charge in [0.2, 0.25) is 0 Å². The van der Waals surface area contributed by atoms with E-state index in [1.54, 1.807) is 24.3 Å². The first-order valence-corrected chi connectivity index (χ1v) is 11.8. The van der Waals surface area contributed by atoms with Gasteiger partial charge in [-0.25, -0.2) is 9.59 Å². The summed E-state index contributed by atoms with van der Waals surface area (Å²) in [5, 5.41) is 0. The van der Waals surface area contributed by atoms with E-state index in [-0.39, 0.29) is 11.1 Å². The number of benzene rings is 1. The van der Waals surface area contributed by atoms with Gasteiger partial charge in [-0.3, -0.25) is 0 Å². The van der Waals surface area contributed by atoms with Gasteiger partial charge >= 0.3 is 11.9 Å². The monoisotopic (exact) mass is 419 g/mol. The SMILES string of the molecule is CCCCCCCCCCCOC(=O)c1ccccc1C(=O)OCCN(CC)CC. The Morgan fingerprint density at radius 2 is 1.17 bits per heavy atom. The zero-order valence-corrected chi connectivity index (χ0v) is 19.3. The molecule has 0 amide bonds. The van der Waals surface area contributed by atoms with Crippen LogP contribution in [0.3, 0.4) is 0 Å². The maximum atomic E-state index is 12.4. The lowest BCUT2D eigenvalue weighted by molar-refractivity contribution is 0.0432. The van der Waals surface area contributed by atoms with Crippen molar-refractivity contribution in [2.45, 2.75) is 78.6 Å². The first kappa shape index (κ1) is 26.2. The fourth-order valence-electron chi connectivity index (χ4n) is 3.38. The third kappa shape index (κ3) is 10.8. The van der Waals surface area contributed by atoms with E-state index >= 15 is 0 Å². The van der Waals surface area contributed by atoms with Crippen LogP contribution in [0.25, 0.3) is 0 Å². The highest BCUT2D eigenvalue weighted by atomic mass is 16.5. The average Bonchev–Trinajstić information content (AvgIpc) is 2.77. The van der Waals surface area contributed by atoms with Gasteiger partial charge in [-0.2, -0.15) is 0 Å². The Morgan fingerprint density at radius 1 is 0.700 bits per heavy atom. The molecule has 0 unspecified atom stereocenters. The number of unbranched alkanes of at least 4 members (excludes halogenated alkanes) is 8. The summed E-state index contributed by atoms with van der Waals surface area (Å²) in [7, 11) is 0. The van der Waals surface area contributed by atoms with Crippen LogP contribution in [0.1, 0.15) is 99.3 Å². The third-order valence-electron chi connectivity index (χ3n) is 5.38. The van der Waals surface area contributed by atoms with E-state index in [1.807, 2.05) is 0 Å². The van der Waals surface area contributed by atoms with Crippen molar-refractivity contribution in [3.8, 4) is 0 Å². The van der Waals surface area contributed by atoms with E-state index in [0.29, 0.717) is 19.8 Å². The normalized spacial score (nSPS) is 10.9. The topological polar surface area (TPSA) is 55.8 Å². The quantitative estimate of drug-likeness (QED) is 0.233. The van der Waals surface area contributed by atoms with Crippen LogP contribution in [0.15, 0.2) is 24.3 Å². The summed E-state index contributed by atoms with van der Waals surface area (Å²) in [6, 6.07) is 6.72. The van der Waals surface area contributed by atoms with Crippen LogP contribution in [0.5, 0.6) is 0 Å². The van der Waals surface area contributed by atoms with E-state index in [1.165, 1.54) is 44.9 Å². The molecule has 0 aliphatic heterocycles. The summed E-state index contributed by atoms with van der Waals surface area (Å²) < 4.78 is 10.8. The molecule has 1 aromatic rings. The predicted molar refractivity (Wildman–Crippen MR) is 122 cm³/mol. The molecule has 0 spiro atoms. The number of nitrogens with zero attached hydrogens (tertiary/aromatic N) is 1. The third-order valence-corrected chi connectivity index (χ3v) is 5.38. The molecule has 0 atom stereocenters. The van der Waals surface area contributed by atoms with Crippen molar-refractivity contribution < 1.29 is 19.1 Å². The largest absolute Gasteiger partial charge is 0.462 e. The molecule has 5 nitrogen and oxygen atoms in total. The van der Waals surface area contributed by atoms with Gasteiger partial charge in [0.05, 0.1) is 17.7 Å². The van der Waals surface area contributed by atoms with Gasteiger partial charge in [-0.15, -0.1) is 0 Å². The first-order valence-electron chi connectivity index (χ1n) is 11.8. The van der Waals surface area contributed by atoms with Crippen LogP contribution in [0.2, 0.25) is 0 Å². The molecule has 170 valence electrons. The van der Waals surface area contributed by atoms with Crippen molar-refractivity contribution in [3.05, 3.63) is 35.4 Å². The van der Waals surface area contributed by atoms with Crippen LogP contribution in [-0.2, 0) is 9.47 Å². The van der Waals surface area contributed by atoms with Gasteiger partial charge in [0.15, 0.2) is 0 Å². The van der Waals surface area contributed by atoms with Gasteiger partial charge in [-0.05, 0) is 31.6 Å². The van der Waals surface area contributed by atoms with Crippen LogP contribution in [0.4, 0.5) is 0 Å². The van der Waals surface area contributed by atoms with Crippen molar-refractivity contribution in [1.82, 2.24) is 4.90 Å². The highest BCUT2D eigenvalue weighted by Crippen LogP contribution is 2.13. The second-order valence-electron chi connectivity index (χ2n) is 7.67. The summed E-state index contributed by atoms with van der Waals surface area (Å²) in [4.78, 5) is 27.0. The number of carbonyl (C=O) groups excluding carboxylic acids is 2. The first-order chi connectivity index (χ1) is 14.6. The number of likely N-dealkylation sites (N-methyl/N-ethyl adjacent to an activating group) is 1. The van der Waals surface area contributed by atoms with Gasteiger partial charge < -0.3 is 14.4 Å². The molecule has 0 aliphatic rings. The van der Waals surface area contributed by atoms with Gasteiger partial charge in [0.1, 0.15) is 6.61 Å². The fourth-order valence-corrected chi connectivity index (χ4v) is 3.38. The van der Waals surface area contributed by atoms with E-state index < -0.39 is 11.9 Å². The van der Waals surface area contributed by atoms with Gasteiger partial charge in [-0.1, -0.05) is 84.3 Å². The minimum atomic E-state index is -0.474. The maximum absolute atomic E-state index is 12.4. The number of carbonyl (C=O) groups is 2. The number of ether oxygens (including phenoxy) is 2. The summed E-state index contributed by atoms with van der Waals surface area (Å²) >= 11 is 0. The lowest BCUT2D eigenvalue weighted by atomic mass is 10.1. The van der Waals surface area contributed by atoms with E-state index in [4.69, 9.17) is 9.47 Å². The lowest BCUT2D eigenvalue weighted by Crippen LogP contribution is -2.28. The molecule has 30 heavy (non-hydrogen) atoms. The molecular weight excluding hydrogens is 378 g/mol. The van der Waals surface area contributed by atoms with Crippen LogP contribution in [0, 0.1) is 0 Å². The molecule has 0 bridgehead atoms. The molecular formula is C25H41NO4. The molecule has 0 fully saturated rings. The van der Waals surface area contributed by atoms with Gasteiger partial charge in [0, 0.05) is 6.54 Å². The molecule has 0 heterocycles. The molecule has 0 saturated heterocycles. The fraction of sp³-hybridized carbons (Fsp3) is 0.680. The summed E-state index contributed by atoms with van der Waals surface area (Å²) in [6.45, 7) is 9.59. The maximum Gasteiger partial charge on any atom is 0.339 e. The molecule has 5 heteroatoms. The molecule has 0 aliphatic carbocycles. The smallest absolute Gasteiger partial charge is 0.339 e. The number of esters is 2. The standard InChI is InChI=1S/C25H41NO4/c1-4-7-8-9-10-11-12-13-16-20-29-24(27)22-17-14-15-18-23(22)25(28)30-21-19-26(5-2)6-3/h14-15,17-18H,4-13,16,19-21H2,1-3H3. The van der Waals surface area contributed by atoms with Crippen LogP contribution >= 0.6 is 0 Å². The van der Waals surface area contributed by atoms with Crippen molar-refractivity contribution in [3.63, 3.8) is 0 Å². The highest BCUT2D eigenvalue weighted by molar-refractivity contribution is 6.03. The molecule has 0 N–H and O–H groups in total.